The first-order valence-electron chi connectivity index (χ1n) is 10.7. The molecule has 0 spiro atoms. The maximum absolute atomic E-state index is 12.4. The van der Waals surface area contributed by atoms with Gasteiger partial charge in [0.1, 0.15) is 12.2 Å². The molecule has 5 rings (SSSR count). The Labute approximate surface area is 160 Å². The van der Waals surface area contributed by atoms with E-state index in [1.165, 1.54) is 17.7 Å². The molecule has 146 valence electrons. The number of ether oxygens (including phenoxy) is 2. The maximum Gasteiger partial charge on any atom is 0.309 e. The van der Waals surface area contributed by atoms with Crippen molar-refractivity contribution in [1.82, 2.24) is 4.57 Å². The lowest BCUT2D eigenvalue weighted by Gasteiger charge is -2.39. The quantitative estimate of drug-likeness (QED) is 0.736. The monoisotopic (exact) mass is 371 g/mol. The Morgan fingerprint density at radius 3 is 2.67 bits per heavy atom. The zero-order valence-corrected chi connectivity index (χ0v) is 16.4. The minimum Gasteiger partial charge on any atom is -0.461 e. The second-order valence-corrected chi connectivity index (χ2v) is 9.01. The van der Waals surface area contributed by atoms with E-state index in [9.17, 15) is 9.59 Å². The van der Waals surface area contributed by atoms with E-state index in [0.29, 0.717) is 11.8 Å². The predicted octanol–water partition coefficient (Wildman–Crippen LogP) is 4.06. The van der Waals surface area contributed by atoms with Gasteiger partial charge in [-0.2, -0.15) is 0 Å². The van der Waals surface area contributed by atoms with Gasteiger partial charge >= 0.3 is 11.9 Å². The van der Waals surface area contributed by atoms with Crippen LogP contribution in [-0.2, 0) is 25.6 Å². The molecule has 4 heterocycles. The first kappa shape index (κ1) is 17.3. The SMILES string of the molecule is CC[C@H]1[C@@H]2OC(=O)[C@@H](C)[C@@H]2c2cc([C@@H]3C[C@H](C)C(=O)O3)n3c2[C@H]1CCCC3. The summed E-state index contributed by atoms with van der Waals surface area (Å²) in [6.45, 7) is 7.17. The Morgan fingerprint density at radius 1 is 1.15 bits per heavy atom. The van der Waals surface area contributed by atoms with Gasteiger partial charge in [-0.3, -0.25) is 9.59 Å². The van der Waals surface area contributed by atoms with Crippen LogP contribution in [0.2, 0.25) is 0 Å². The third kappa shape index (κ3) is 2.36. The molecule has 3 aliphatic heterocycles. The van der Waals surface area contributed by atoms with Gasteiger partial charge in [-0.1, -0.05) is 27.2 Å². The first-order chi connectivity index (χ1) is 13.0. The van der Waals surface area contributed by atoms with Gasteiger partial charge in [-0.25, -0.2) is 0 Å². The van der Waals surface area contributed by atoms with Gasteiger partial charge in [-0.05, 0) is 30.9 Å². The Hall–Kier alpha value is -1.78. The number of fused-ring (bicyclic) bond motifs is 2. The predicted molar refractivity (Wildman–Crippen MR) is 99.2 cm³/mol. The van der Waals surface area contributed by atoms with Crippen molar-refractivity contribution in [2.75, 3.05) is 0 Å². The normalized spacial score (nSPS) is 40.2. The molecular formula is C22H29NO4. The third-order valence-corrected chi connectivity index (χ3v) is 7.54. The molecule has 0 unspecified atom stereocenters. The van der Waals surface area contributed by atoms with E-state index in [2.05, 4.69) is 17.6 Å². The van der Waals surface area contributed by atoms with Crippen molar-refractivity contribution < 1.29 is 19.1 Å². The Balaban J connectivity index is 1.67. The smallest absolute Gasteiger partial charge is 0.309 e. The van der Waals surface area contributed by atoms with Crippen LogP contribution in [0.25, 0.3) is 0 Å². The molecule has 0 amide bonds. The lowest BCUT2D eigenvalue weighted by molar-refractivity contribution is -0.146. The summed E-state index contributed by atoms with van der Waals surface area (Å²) in [4.78, 5) is 24.5. The summed E-state index contributed by atoms with van der Waals surface area (Å²) in [5.41, 5.74) is 3.85. The number of hydrogen-bond donors (Lipinski definition) is 0. The van der Waals surface area contributed by atoms with E-state index in [0.717, 1.165) is 37.9 Å². The topological polar surface area (TPSA) is 57.5 Å². The number of carbonyl (C=O) groups is 2. The lowest BCUT2D eigenvalue weighted by atomic mass is 9.66. The molecule has 7 atom stereocenters. The number of cyclic esters (lactones) is 1. The van der Waals surface area contributed by atoms with E-state index in [4.69, 9.17) is 9.47 Å². The first-order valence-corrected chi connectivity index (χ1v) is 10.7. The van der Waals surface area contributed by atoms with E-state index in [1.807, 2.05) is 13.8 Å². The summed E-state index contributed by atoms with van der Waals surface area (Å²) in [5, 5.41) is 0. The van der Waals surface area contributed by atoms with E-state index in [-0.39, 0.29) is 41.9 Å². The zero-order valence-electron chi connectivity index (χ0n) is 16.4. The van der Waals surface area contributed by atoms with Crippen LogP contribution in [0.1, 0.15) is 87.8 Å². The highest BCUT2D eigenvalue weighted by molar-refractivity contribution is 5.77. The highest BCUT2D eigenvalue weighted by Gasteiger charge is 2.54. The second kappa shape index (κ2) is 6.11. The summed E-state index contributed by atoms with van der Waals surface area (Å²) in [7, 11) is 0. The fraction of sp³-hybridized carbons (Fsp3) is 0.727. The summed E-state index contributed by atoms with van der Waals surface area (Å²) in [6, 6.07) is 2.26. The highest BCUT2D eigenvalue weighted by atomic mass is 16.6. The number of esters is 2. The van der Waals surface area contributed by atoms with Gasteiger partial charge in [0.2, 0.25) is 0 Å². The average molecular weight is 371 g/mol. The highest BCUT2D eigenvalue weighted by Crippen LogP contribution is 2.55. The second-order valence-electron chi connectivity index (χ2n) is 9.01. The van der Waals surface area contributed by atoms with Crippen molar-refractivity contribution in [3.05, 3.63) is 23.0 Å². The van der Waals surface area contributed by atoms with Crippen LogP contribution in [0.5, 0.6) is 0 Å². The molecule has 0 N–H and O–H groups in total. The van der Waals surface area contributed by atoms with Crippen molar-refractivity contribution in [3.8, 4) is 0 Å². The van der Waals surface area contributed by atoms with Gasteiger partial charge in [0.25, 0.3) is 0 Å². The van der Waals surface area contributed by atoms with Crippen molar-refractivity contribution >= 4 is 11.9 Å². The van der Waals surface area contributed by atoms with Crippen LogP contribution in [0.15, 0.2) is 6.07 Å². The van der Waals surface area contributed by atoms with E-state index in [1.54, 1.807) is 0 Å². The molecule has 1 aromatic rings. The van der Waals surface area contributed by atoms with Gasteiger partial charge < -0.3 is 14.0 Å². The van der Waals surface area contributed by atoms with Crippen LogP contribution in [-0.4, -0.2) is 22.6 Å². The molecule has 5 heteroatoms. The number of carbonyl (C=O) groups excluding carboxylic acids is 2. The van der Waals surface area contributed by atoms with Crippen LogP contribution in [0.4, 0.5) is 0 Å². The van der Waals surface area contributed by atoms with Crippen LogP contribution >= 0.6 is 0 Å². The Morgan fingerprint density at radius 2 is 1.96 bits per heavy atom. The zero-order chi connectivity index (χ0) is 18.9. The Bertz CT molecular complexity index is 796. The minimum absolute atomic E-state index is 0.00171. The molecule has 27 heavy (non-hydrogen) atoms. The molecule has 0 bridgehead atoms. The van der Waals surface area contributed by atoms with Crippen LogP contribution in [0, 0.1) is 17.8 Å². The molecule has 2 fully saturated rings. The molecule has 5 nitrogen and oxygen atoms in total. The fourth-order valence-electron chi connectivity index (χ4n) is 6.19. The minimum atomic E-state index is -0.149. The molecule has 1 aliphatic carbocycles. The van der Waals surface area contributed by atoms with Crippen molar-refractivity contribution in [2.45, 2.75) is 83.5 Å². The molecule has 4 aliphatic rings. The van der Waals surface area contributed by atoms with Gasteiger partial charge in [0.15, 0.2) is 0 Å². The summed E-state index contributed by atoms with van der Waals surface area (Å²) in [5.74, 6) is 0.690. The van der Waals surface area contributed by atoms with Crippen LogP contribution in [0.3, 0.4) is 0 Å². The van der Waals surface area contributed by atoms with Crippen LogP contribution < -0.4 is 0 Å². The number of aromatic nitrogens is 1. The largest absolute Gasteiger partial charge is 0.461 e. The van der Waals surface area contributed by atoms with E-state index >= 15 is 0 Å². The van der Waals surface area contributed by atoms with Gasteiger partial charge in [-0.15, -0.1) is 0 Å². The van der Waals surface area contributed by atoms with Crippen molar-refractivity contribution in [1.29, 1.82) is 0 Å². The molecule has 0 saturated carbocycles. The number of rotatable bonds is 2. The fourth-order valence-corrected chi connectivity index (χ4v) is 6.19. The third-order valence-electron chi connectivity index (χ3n) is 7.54. The molecule has 0 radical (unpaired) electrons. The molecule has 0 aromatic carbocycles. The number of hydrogen-bond acceptors (Lipinski definition) is 4. The number of nitrogens with zero attached hydrogens (tertiary/aromatic N) is 1. The molecule has 1 aromatic heterocycles. The summed E-state index contributed by atoms with van der Waals surface area (Å²) in [6.07, 6.45) is 5.14. The summed E-state index contributed by atoms with van der Waals surface area (Å²) < 4.78 is 14.1. The standard InChI is InChI=1S/C22H29NO4/c1-4-13-14-7-5-6-8-23-16(17-9-11(2)21(24)26-17)10-15(19(14)23)18-12(3)22(25)27-20(13)18/h10-14,17-18,20H,4-9H2,1-3H3/t11-,12-,13+,14-,17-,18+,20-/m0/s1. The average Bonchev–Trinajstić information content (AvgIpc) is 3.20. The summed E-state index contributed by atoms with van der Waals surface area (Å²) >= 11 is 0. The van der Waals surface area contributed by atoms with Crippen molar-refractivity contribution in [2.24, 2.45) is 17.8 Å². The lowest BCUT2D eigenvalue weighted by Crippen LogP contribution is -2.36. The van der Waals surface area contributed by atoms with Gasteiger partial charge in [0, 0.05) is 36.4 Å². The maximum atomic E-state index is 12.4. The molecule has 2 saturated heterocycles. The Kier molecular flexibility index (Phi) is 3.92. The van der Waals surface area contributed by atoms with E-state index < -0.39 is 0 Å². The van der Waals surface area contributed by atoms with Gasteiger partial charge in [0.05, 0.1) is 17.5 Å². The van der Waals surface area contributed by atoms with Crippen molar-refractivity contribution in [3.63, 3.8) is 0 Å². The molecular weight excluding hydrogens is 342 g/mol.